The Morgan fingerprint density at radius 1 is 1.27 bits per heavy atom. The number of amides is 1. The first kappa shape index (κ1) is 19.5. The van der Waals surface area contributed by atoms with Gasteiger partial charge in [-0.2, -0.15) is 5.10 Å². The second kappa shape index (κ2) is 7.87. The van der Waals surface area contributed by atoms with Crippen LogP contribution in [0.4, 0.5) is 14.6 Å². The molecule has 1 aliphatic rings. The molecule has 1 N–H and O–H groups in total. The molecule has 0 spiro atoms. The maximum atomic E-state index is 14.3. The van der Waals surface area contributed by atoms with Gasteiger partial charge in [0.2, 0.25) is 5.91 Å². The standard InChI is InChI=1S/C22H17F2N3O3/c1-3-8-30-19-7-4-13(9-20(19)29-2)15-11-21(28)26-22-16(15)12-25-27(22)18-6-5-14(23)10-17(18)24/h1,4-7,9-10,12,15H,8,11H2,2H3,(H,26,28). The van der Waals surface area contributed by atoms with Crippen LogP contribution in [0.25, 0.3) is 5.69 Å². The molecule has 2 heterocycles. The summed E-state index contributed by atoms with van der Waals surface area (Å²) in [6.45, 7) is 0.0989. The van der Waals surface area contributed by atoms with Gasteiger partial charge in [0, 0.05) is 24.0 Å². The molecule has 4 rings (SSSR count). The number of hydrogen-bond acceptors (Lipinski definition) is 4. The average molecular weight is 409 g/mol. The van der Waals surface area contributed by atoms with Crippen molar-refractivity contribution in [1.82, 2.24) is 9.78 Å². The van der Waals surface area contributed by atoms with Crippen LogP contribution in [0.5, 0.6) is 11.5 Å². The fourth-order valence-electron chi connectivity index (χ4n) is 3.49. The summed E-state index contributed by atoms with van der Waals surface area (Å²) in [7, 11) is 1.51. The van der Waals surface area contributed by atoms with E-state index in [2.05, 4.69) is 16.3 Å². The number of hydrogen-bond donors (Lipinski definition) is 1. The van der Waals surface area contributed by atoms with Crippen molar-refractivity contribution in [3.05, 3.63) is 65.4 Å². The Kier molecular flexibility index (Phi) is 5.11. The molecule has 6 nitrogen and oxygen atoms in total. The van der Waals surface area contributed by atoms with Crippen molar-refractivity contribution in [1.29, 1.82) is 0 Å². The third kappa shape index (κ3) is 3.46. The van der Waals surface area contributed by atoms with Gasteiger partial charge >= 0.3 is 0 Å². The first-order valence-electron chi connectivity index (χ1n) is 9.09. The smallest absolute Gasteiger partial charge is 0.226 e. The number of carbonyl (C=O) groups is 1. The number of terminal acetylenes is 1. The summed E-state index contributed by atoms with van der Waals surface area (Å²) >= 11 is 0. The molecule has 30 heavy (non-hydrogen) atoms. The number of halogens is 2. The molecule has 0 saturated heterocycles. The van der Waals surface area contributed by atoms with Crippen LogP contribution in [0.1, 0.15) is 23.5 Å². The summed E-state index contributed by atoms with van der Waals surface area (Å²) in [4.78, 5) is 12.4. The van der Waals surface area contributed by atoms with E-state index in [4.69, 9.17) is 15.9 Å². The fraction of sp³-hybridized carbons (Fsp3) is 0.182. The molecule has 0 fully saturated rings. The molecule has 3 aromatic rings. The molecular formula is C22H17F2N3O3. The average Bonchev–Trinajstić information content (AvgIpc) is 3.15. The van der Waals surface area contributed by atoms with Crippen molar-refractivity contribution in [2.75, 3.05) is 19.0 Å². The third-order valence-electron chi connectivity index (χ3n) is 4.86. The van der Waals surface area contributed by atoms with Gasteiger partial charge < -0.3 is 14.8 Å². The van der Waals surface area contributed by atoms with Crippen LogP contribution < -0.4 is 14.8 Å². The van der Waals surface area contributed by atoms with Crippen LogP contribution in [0.3, 0.4) is 0 Å². The topological polar surface area (TPSA) is 65.4 Å². The summed E-state index contributed by atoms with van der Waals surface area (Å²) in [5, 5.41) is 6.97. The number of methoxy groups -OCH3 is 1. The van der Waals surface area contributed by atoms with Crippen LogP contribution in [0.2, 0.25) is 0 Å². The predicted octanol–water partition coefficient (Wildman–Crippen LogP) is 3.65. The third-order valence-corrected chi connectivity index (χ3v) is 4.86. The van der Waals surface area contributed by atoms with Crippen molar-refractivity contribution >= 4 is 11.7 Å². The van der Waals surface area contributed by atoms with Crippen molar-refractivity contribution in [3.63, 3.8) is 0 Å². The Balaban J connectivity index is 1.76. The monoisotopic (exact) mass is 409 g/mol. The summed E-state index contributed by atoms with van der Waals surface area (Å²) in [6.07, 6.45) is 6.98. The van der Waals surface area contributed by atoms with Gasteiger partial charge in [-0.1, -0.05) is 12.0 Å². The maximum Gasteiger partial charge on any atom is 0.226 e. The molecule has 0 aliphatic carbocycles. The highest BCUT2D eigenvalue weighted by molar-refractivity contribution is 5.94. The fourth-order valence-corrected chi connectivity index (χ4v) is 3.49. The second-order valence-corrected chi connectivity index (χ2v) is 6.66. The Morgan fingerprint density at radius 2 is 2.10 bits per heavy atom. The molecule has 1 amide bonds. The zero-order valence-electron chi connectivity index (χ0n) is 16.0. The number of aromatic nitrogens is 2. The number of fused-ring (bicyclic) bond motifs is 1. The van der Waals surface area contributed by atoms with Gasteiger partial charge in [-0.15, -0.1) is 6.42 Å². The Hall–Kier alpha value is -3.86. The molecule has 8 heteroatoms. The van der Waals surface area contributed by atoms with Gasteiger partial charge in [0.1, 0.15) is 23.9 Å². The summed E-state index contributed by atoms with van der Waals surface area (Å²) in [6, 6.07) is 8.49. The van der Waals surface area contributed by atoms with Crippen LogP contribution in [-0.4, -0.2) is 29.4 Å². The van der Waals surface area contributed by atoms with E-state index in [1.54, 1.807) is 18.3 Å². The number of rotatable bonds is 5. The van der Waals surface area contributed by atoms with Gasteiger partial charge in [-0.3, -0.25) is 4.79 Å². The minimum Gasteiger partial charge on any atom is -0.493 e. The SMILES string of the molecule is C#CCOc1ccc(C2CC(=O)Nc3c2cnn3-c2ccc(F)cc2F)cc1OC. The van der Waals surface area contributed by atoms with Gasteiger partial charge in [-0.05, 0) is 29.8 Å². The van der Waals surface area contributed by atoms with Crippen LogP contribution in [0, 0.1) is 24.0 Å². The molecule has 152 valence electrons. The summed E-state index contributed by atoms with van der Waals surface area (Å²) < 4.78 is 39.7. The minimum absolute atomic E-state index is 0.0363. The lowest BCUT2D eigenvalue weighted by atomic mass is 9.87. The predicted molar refractivity (Wildman–Crippen MR) is 106 cm³/mol. The van der Waals surface area contributed by atoms with E-state index in [0.717, 1.165) is 17.7 Å². The quantitative estimate of drug-likeness (QED) is 0.654. The normalized spacial score (nSPS) is 15.1. The van der Waals surface area contributed by atoms with E-state index in [9.17, 15) is 13.6 Å². The first-order valence-corrected chi connectivity index (χ1v) is 9.09. The molecule has 2 aromatic carbocycles. The van der Waals surface area contributed by atoms with Gasteiger partial charge in [-0.25, -0.2) is 13.5 Å². The Labute approximate surface area is 171 Å². The van der Waals surface area contributed by atoms with Gasteiger partial charge in [0.25, 0.3) is 0 Å². The summed E-state index contributed by atoms with van der Waals surface area (Å²) in [5.74, 6) is 1.65. The van der Waals surface area contributed by atoms with E-state index in [1.165, 1.54) is 17.9 Å². The lowest BCUT2D eigenvalue weighted by Crippen LogP contribution is -2.24. The number of nitrogens with zero attached hydrogens (tertiary/aromatic N) is 2. The molecule has 0 saturated carbocycles. The number of carbonyl (C=O) groups excluding carboxylic acids is 1. The lowest BCUT2D eigenvalue weighted by Gasteiger charge is -2.24. The van der Waals surface area contributed by atoms with Crippen LogP contribution in [0.15, 0.2) is 42.6 Å². The minimum atomic E-state index is -0.783. The molecule has 1 aliphatic heterocycles. The number of ether oxygens (including phenoxy) is 2. The number of benzene rings is 2. The molecule has 0 bridgehead atoms. The van der Waals surface area contributed by atoms with E-state index < -0.39 is 11.6 Å². The molecule has 1 aromatic heterocycles. The zero-order valence-corrected chi connectivity index (χ0v) is 16.0. The Bertz CT molecular complexity index is 1170. The van der Waals surface area contributed by atoms with Crippen molar-refractivity contribution < 1.29 is 23.0 Å². The Morgan fingerprint density at radius 3 is 2.83 bits per heavy atom. The maximum absolute atomic E-state index is 14.3. The zero-order chi connectivity index (χ0) is 21.3. The number of nitrogens with one attached hydrogen (secondary N) is 1. The van der Waals surface area contributed by atoms with Crippen molar-refractivity contribution in [3.8, 4) is 29.5 Å². The largest absolute Gasteiger partial charge is 0.493 e. The van der Waals surface area contributed by atoms with Crippen molar-refractivity contribution in [2.24, 2.45) is 0 Å². The van der Waals surface area contributed by atoms with Crippen molar-refractivity contribution in [2.45, 2.75) is 12.3 Å². The van der Waals surface area contributed by atoms with Gasteiger partial charge in [0.05, 0.1) is 13.3 Å². The lowest BCUT2D eigenvalue weighted by molar-refractivity contribution is -0.116. The second-order valence-electron chi connectivity index (χ2n) is 6.66. The highest BCUT2D eigenvalue weighted by Crippen LogP contribution is 2.41. The van der Waals surface area contributed by atoms with Crippen LogP contribution in [-0.2, 0) is 4.79 Å². The van der Waals surface area contributed by atoms with E-state index in [-0.39, 0.29) is 30.5 Å². The van der Waals surface area contributed by atoms with E-state index in [1.807, 2.05) is 6.07 Å². The molecule has 1 unspecified atom stereocenters. The molecular weight excluding hydrogens is 392 g/mol. The highest BCUT2D eigenvalue weighted by Gasteiger charge is 2.31. The van der Waals surface area contributed by atoms with E-state index in [0.29, 0.717) is 22.9 Å². The van der Waals surface area contributed by atoms with Gasteiger partial charge in [0.15, 0.2) is 17.3 Å². The first-order chi connectivity index (χ1) is 14.5. The molecule has 1 atom stereocenters. The molecule has 0 radical (unpaired) electrons. The van der Waals surface area contributed by atoms with E-state index >= 15 is 0 Å². The number of anilines is 1. The highest BCUT2D eigenvalue weighted by atomic mass is 19.1. The van der Waals surface area contributed by atoms with Crippen LogP contribution >= 0.6 is 0 Å². The summed E-state index contributed by atoms with van der Waals surface area (Å²) in [5.41, 5.74) is 1.54.